The monoisotopic (exact) mass is 196 g/mol. The van der Waals surface area contributed by atoms with Crippen LogP contribution in [0, 0.1) is 29.6 Å². The Balaban J connectivity index is 2.25. The molecule has 4 atom stereocenters. The Kier molecular flexibility index (Phi) is 4.47. The summed E-state index contributed by atoms with van der Waals surface area (Å²) in [5.41, 5.74) is 0. The van der Waals surface area contributed by atoms with Gasteiger partial charge in [0.2, 0.25) is 0 Å². The van der Waals surface area contributed by atoms with Crippen molar-refractivity contribution in [3.05, 3.63) is 0 Å². The van der Waals surface area contributed by atoms with E-state index in [1.807, 2.05) is 0 Å². The second-order valence-electron chi connectivity index (χ2n) is 5.91. The molecule has 1 aliphatic rings. The maximum absolute atomic E-state index is 2.48. The van der Waals surface area contributed by atoms with Crippen LogP contribution >= 0.6 is 0 Å². The summed E-state index contributed by atoms with van der Waals surface area (Å²) in [7, 11) is 0. The van der Waals surface area contributed by atoms with Gasteiger partial charge in [-0.3, -0.25) is 0 Å². The van der Waals surface area contributed by atoms with Crippen molar-refractivity contribution in [2.45, 2.75) is 60.3 Å². The van der Waals surface area contributed by atoms with Gasteiger partial charge < -0.3 is 0 Å². The minimum Gasteiger partial charge on any atom is -0.0654 e. The van der Waals surface area contributed by atoms with Gasteiger partial charge in [0.1, 0.15) is 0 Å². The SMILES string of the molecule is CCCC1CC1C(C)C(C)CC(C)C. The fourth-order valence-electron chi connectivity index (χ4n) is 3.00. The minimum absolute atomic E-state index is 0.871. The van der Waals surface area contributed by atoms with Crippen LogP contribution in [-0.2, 0) is 0 Å². The molecular formula is C14H28. The number of hydrogen-bond acceptors (Lipinski definition) is 0. The summed E-state index contributed by atoms with van der Waals surface area (Å²) < 4.78 is 0. The third-order valence-electron chi connectivity index (χ3n) is 4.05. The van der Waals surface area contributed by atoms with Crippen molar-refractivity contribution in [2.75, 3.05) is 0 Å². The highest BCUT2D eigenvalue weighted by Gasteiger charge is 2.41. The highest BCUT2D eigenvalue weighted by molar-refractivity contribution is 4.90. The van der Waals surface area contributed by atoms with Crippen molar-refractivity contribution in [3.8, 4) is 0 Å². The van der Waals surface area contributed by atoms with E-state index in [4.69, 9.17) is 0 Å². The molecule has 0 aromatic heterocycles. The minimum atomic E-state index is 0.871. The molecule has 4 unspecified atom stereocenters. The third-order valence-corrected chi connectivity index (χ3v) is 4.05. The molecule has 14 heavy (non-hydrogen) atoms. The Bertz CT molecular complexity index is 159. The van der Waals surface area contributed by atoms with E-state index in [9.17, 15) is 0 Å². The predicted octanol–water partition coefficient (Wildman–Crippen LogP) is 4.74. The molecule has 0 nitrogen and oxygen atoms in total. The zero-order valence-corrected chi connectivity index (χ0v) is 10.7. The van der Waals surface area contributed by atoms with Gasteiger partial charge in [0, 0.05) is 0 Å². The van der Waals surface area contributed by atoms with Crippen LogP contribution < -0.4 is 0 Å². The fraction of sp³-hybridized carbons (Fsp3) is 1.00. The lowest BCUT2D eigenvalue weighted by Gasteiger charge is -2.21. The summed E-state index contributed by atoms with van der Waals surface area (Å²) in [6, 6.07) is 0. The van der Waals surface area contributed by atoms with Crippen molar-refractivity contribution in [2.24, 2.45) is 29.6 Å². The maximum atomic E-state index is 2.48. The molecule has 0 aliphatic heterocycles. The van der Waals surface area contributed by atoms with Gasteiger partial charge in [-0.15, -0.1) is 0 Å². The fourth-order valence-corrected chi connectivity index (χ4v) is 3.00. The molecule has 0 spiro atoms. The molecule has 0 amide bonds. The van der Waals surface area contributed by atoms with Gasteiger partial charge in [-0.05, 0) is 42.4 Å². The molecule has 0 N–H and O–H groups in total. The van der Waals surface area contributed by atoms with Crippen molar-refractivity contribution < 1.29 is 0 Å². The molecular weight excluding hydrogens is 168 g/mol. The smallest absolute Gasteiger partial charge is 0.0355 e. The van der Waals surface area contributed by atoms with Gasteiger partial charge in [0.15, 0.2) is 0 Å². The second-order valence-corrected chi connectivity index (χ2v) is 5.91. The third kappa shape index (κ3) is 3.29. The molecule has 0 aromatic carbocycles. The topological polar surface area (TPSA) is 0 Å². The predicted molar refractivity (Wildman–Crippen MR) is 64.3 cm³/mol. The van der Waals surface area contributed by atoms with Gasteiger partial charge in [0.25, 0.3) is 0 Å². The van der Waals surface area contributed by atoms with Crippen LogP contribution in [0.4, 0.5) is 0 Å². The Hall–Kier alpha value is 0. The summed E-state index contributed by atoms with van der Waals surface area (Å²) in [5, 5.41) is 0. The largest absolute Gasteiger partial charge is 0.0654 e. The Morgan fingerprint density at radius 2 is 1.79 bits per heavy atom. The summed E-state index contributed by atoms with van der Waals surface area (Å²) in [6.45, 7) is 11.9. The van der Waals surface area contributed by atoms with Crippen LogP contribution in [0.5, 0.6) is 0 Å². The average Bonchev–Trinajstić information content (AvgIpc) is 2.82. The second kappa shape index (κ2) is 5.19. The zero-order valence-electron chi connectivity index (χ0n) is 10.7. The summed E-state index contributed by atoms with van der Waals surface area (Å²) in [6.07, 6.45) is 5.80. The van der Waals surface area contributed by atoms with Crippen LogP contribution in [-0.4, -0.2) is 0 Å². The van der Waals surface area contributed by atoms with Crippen LogP contribution in [0.3, 0.4) is 0 Å². The van der Waals surface area contributed by atoms with Crippen molar-refractivity contribution in [3.63, 3.8) is 0 Å². The first-order valence-electron chi connectivity index (χ1n) is 6.56. The van der Waals surface area contributed by atoms with Crippen molar-refractivity contribution in [1.29, 1.82) is 0 Å². The quantitative estimate of drug-likeness (QED) is 0.575. The summed E-state index contributed by atoms with van der Waals surface area (Å²) >= 11 is 0. The van der Waals surface area contributed by atoms with E-state index in [1.54, 1.807) is 0 Å². The van der Waals surface area contributed by atoms with E-state index < -0.39 is 0 Å². The first-order chi connectivity index (χ1) is 6.56. The van der Waals surface area contributed by atoms with Crippen LogP contribution in [0.25, 0.3) is 0 Å². The van der Waals surface area contributed by atoms with E-state index >= 15 is 0 Å². The van der Waals surface area contributed by atoms with Gasteiger partial charge in [-0.2, -0.15) is 0 Å². The van der Waals surface area contributed by atoms with E-state index in [0.29, 0.717) is 0 Å². The van der Waals surface area contributed by atoms with Gasteiger partial charge in [0.05, 0.1) is 0 Å². The highest BCUT2D eigenvalue weighted by Crippen LogP contribution is 2.49. The molecule has 84 valence electrons. The van der Waals surface area contributed by atoms with E-state index in [-0.39, 0.29) is 0 Å². The van der Waals surface area contributed by atoms with Crippen molar-refractivity contribution >= 4 is 0 Å². The molecule has 0 saturated heterocycles. The lowest BCUT2D eigenvalue weighted by molar-refractivity contribution is 0.282. The standard InChI is InChI=1S/C14H28/c1-6-7-13-9-14(13)12(5)11(4)8-10(2)3/h10-14H,6-9H2,1-5H3. The maximum Gasteiger partial charge on any atom is -0.0355 e. The average molecular weight is 196 g/mol. The van der Waals surface area contributed by atoms with Crippen LogP contribution in [0.2, 0.25) is 0 Å². The lowest BCUT2D eigenvalue weighted by atomic mass is 9.84. The highest BCUT2D eigenvalue weighted by atomic mass is 14.5. The molecule has 0 heterocycles. The molecule has 0 heteroatoms. The normalized spacial score (nSPS) is 30.4. The Morgan fingerprint density at radius 3 is 2.29 bits per heavy atom. The Morgan fingerprint density at radius 1 is 1.14 bits per heavy atom. The first kappa shape index (κ1) is 12.1. The molecule has 1 aliphatic carbocycles. The number of rotatable bonds is 6. The molecule has 1 saturated carbocycles. The van der Waals surface area contributed by atoms with Gasteiger partial charge in [-0.1, -0.05) is 47.5 Å². The van der Waals surface area contributed by atoms with Gasteiger partial charge in [-0.25, -0.2) is 0 Å². The summed E-state index contributed by atoms with van der Waals surface area (Å²) in [5.74, 6) is 4.93. The van der Waals surface area contributed by atoms with E-state index in [1.165, 1.54) is 25.7 Å². The molecule has 0 radical (unpaired) electrons. The number of hydrogen-bond donors (Lipinski definition) is 0. The Labute approximate surface area is 90.5 Å². The first-order valence-corrected chi connectivity index (χ1v) is 6.56. The van der Waals surface area contributed by atoms with Crippen LogP contribution in [0.15, 0.2) is 0 Å². The molecule has 0 bridgehead atoms. The molecule has 1 rings (SSSR count). The van der Waals surface area contributed by atoms with Crippen molar-refractivity contribution in [1.82, 2.24) is 0 Å². The lowest BCUT2D eigenvalue weighted by Crippen LogP contribution is -2.13. The van der Waals surface area contributed by atoms with E-state index in [0.717, 1.165) is 29.6 Å². The van der Waals surface area contributed by atoms with E-state index in [2.05, 4.69) is 34.6 Å². The molecule has 0 aromatic rings. The summed E-state index contributed by atoms with van der Waals surface area (Å²) in [4.78, 5) is 0. The van der Waals surface area contributed by atoms with Crippen LogP contribution in [0.1, 0.15) is 60.3 Å². The molecule has 1 fully saturated rings. The zero-order chi connectivity index (χ0) is 10.7. The van der Waals surface area contributed by atoms with Gasteiger partial charge >= 0.3 is 0 Å².